The van der Waals surface area contributed by atoms with Crippen molar-refractivity contribution in [2.45, 2.75) is 19.9 Å². The predicted molar refractivity (Wildman–Crippen MR) is 57.3 cm³/mol. The molecule has 0 spiro atoms. The van der Waals surface area contributed by atoms with E-state index in [0.29, 0.717) is 0 Å². The van der Waals surface area contributed by atoms with Gasteiger partial charge in [0.1, 0.15) is 0 Å². The number of rotatable bonds is 0. The van der Waals surface area contributed by atoms with Gasteiger partial charge in [0.2, 0.25) is 0 Å². The molecule has 0 bridgehead atoms. The molecule has 0 aliphatic carbocycles. The van der Waals surface area contributed by atoms with Gasteiger partial charge in [-0.15, -0.1) is 13.1 Å². The van der Waals surface area contributed by atoms with Gasteiger partial charge < -0.3 is 15.1 Å². The van der Waals surface area contributed by atoms with E-state index in [2.05, 4.69) is 22.2 Å². The van der Waals surface area contributed by atoms with E-state index in [9.17, 15) is 0 Å². The number of hydrogen-bond donors (Lipinski definition) is 0. The van der Waals surface area contributed by atoms with E-state index >= 15 is 0 Å². The Kier molecular flexibility index (Phi) is 7.97. The van der Waals surface area contributed by atoms with Crippen LogP contribution >= 0.6 is 0 Å². The van der Waals surface area contributed by atoms with Gasteiger partial charge >= 0.3 is 0 Å². The average Bonchev–Trinajstić information content (AvgIpc) is 2.21. The Labute approximate surface area is 100 Å². The summed E-state index contributed by atoms with van der Waals surface area (Å²) >= 11 is 0. The molecule has 0 aromatic heterocycles. The van der Waals surface area contributed by atoms with E-state index in [-0.39, 0.29) is 18.6 Å². The summed E-state index contributed by atoms with van der Waals surface area (Å²) < 4.78 is 0. The third-order valence-electron chi connectivity index (χ3n) is 2.69. The molecule has 1 unspecified atom stereocenters. The van der Waals surface area contributed by atoms with Gasteiger partial charge in [0.15, 0.2) is 0 Å². The third kappa shape index (κ3) is 3.91. The summed E-state index contributed by atoms with van der Waals surface area (Å²) in [4.78, 5) is 4.98. The summed E-state index contributed by atoms with van der Waals surface area (Å²) in [5, 5.41) is 4.43. The van der Waals surface area contributed by atoms with Gasteiger partial charge in [-0.2, -0.15) is 0 Å². The van der Waals surface area contributed by atoms with E-state index in [4.69, 9.17) is 0 Å². The molecule has 2 aliphatic heterocycles. The molecule has 2 rings (SSSR count). The first kappa shape index (κ1) is 14.5. The Morgan fingerprint density at radius 1 is 1.14 bits per heavy atom. The molecule has 0 aromatic carbocycles. The molecule has 2 fully saturated rings. The predicted octanol–water partition coefficient (Wildman–Crippen LogP) is 1.01. The summed E-state index contributed by atoms with van der Waals surface area (Å²) in [7, 11) is 2.20. The molecule has 2 saturated heterocycles. The number of piperazine rings is 2. The van der Waals surface area contributed by atoms with Crippen LogP contribution in [-0.4, -0.2) is 62.2 Å². The van der Waals surface area contributed by atoms with Crippen molar-refractivity contribution >= 4 is 0 Å². The van der Waals surface area contributed by atoms with Crippen molar-refractivity contribution in [1.29, 1.82) is 0 Å². The van der Waals surface area contributed by atoms with Crippen molar-refractivity contribution in [2.24, 2.45) is 0 Å². The first-order valence-corrected chi connectivity index (χ1v) is 5.42. The molecule has 14 heavy (non-hydrogen) atoms. The average molecular weight is 235 g/mol. The van der Waals surface area contributed by atoms with Crippen LogP contribution in [0.15, 0.2) is 0 Å². The monoisotopic (exact) mass is 235 g/mol. The summed E-state index contributed by atoms with van der Waals surface area (Å²) in [5.74, 6) is 0. The van der Waals surface area contributed by atoms with E-state index < -0.39 is 0 Å². The number of likely N-dealkylation sites (N-methyl/N-ethyl adjacent to an activating group) is 1. The van der Waals surface area contributed by atoms with Gasteiger partial charge in [-0.1, -0.05) is 13.8 Å². The Morgan fingerprint density at radius 3 is 2.57 bits per heavy atom. The van der Waals surface area contributed by atoms with Crippen LogP contribution in [0.25, 0.3) is 5.32 Å². The second-order valence-corrected chi connectivity index (χ2v) is 3.58. The minimum absolute atomic E-state index is 0. The molecule has 1 radical (unpaired) electrons. The second-order valence-electron chi connectivity index (χ2n) is 3.58. The largest absolute Gasteiger partial charge is 0.660 e. The van der Waals surface area contributed by atoms with Crippen molar-refractivity contribution in [3.8, 4) is 0 Å². The molecule has 0 saturated carbocycles. The maximum Gasteiger partial charge on any atom is 0.0119 e. The number of fused-ring (bicyclic) bond motifs is 1. The first-order chi connectivity index (χ1) is 6.36. The standard InChI is InChI=1S/C8H16N3.C2H6.V/c1-10-4-5-11-3-2-9-6-8(11)7-10;1-2;/h8H,2-7H2,1H3;1-2H3;/q-1;;. The number of nitrogens with zero attached hydrogens (tertiary/aromatic N) is 3. The van der Waals surface area contributed by atoms with Crippen molar-refractivity contribution in [3.05, 3.63) is 5.32 Å². The summed E-state index contributed by atoms with van der Waals surface area (Å²) in [6.07, 6.45) is 0. The van der Waals surface area contributed by atoms with Gasteiger partial charge in [-0.25, -0.2) is 0 Å². The van der Waals surface area contributed by atoms with E-state index in [0.717, 1.165) is 19.1 Å². The zero-order chi connectivity index (χ0) is 9.68. The van der Waals surface area contributed by atoms with Crippen molar-refractivity contribution < 1.29 is 18.6 Å². The van der Waals surface area contributed by atoms with Gasteiger partial charge in [0, 0.05) is 44.2 Å². The van der Waals surface area contributed by atoms with Crippen LogP contribution in [0.5, 0.6) is 0 Å². The first-order valence-electron chi connectivity index (χ1n) is 5.42. The van der Waals surface area contributed by atoms with Crippen LogP contribution in [0.4, 0.5) is 0 Å². The van der Waals surface area contributed by atoms with Crippen molar-refractivity contribution in [1.82, 2.24) is 9.80 Å². The molecule has 2 heterocycles. The molecule has 0 N–H and O–H groups in total. The fraction of sp³-hybridized carbons (Fsp3) is 1.00. The van der Waals surface area contributed by atoms with Crippen LogP contribution < -0.4 is 0 Å². The zero-order valence-corrected chi connectivity index (χ0v) is 11.0. The van der Waals surface area contributed by atoms with E-state index in [1.165, 1.54) is 26.2 Å². The smallest absolute Gasteiger partial charge is 0.0119 e. The molecular formula is C10H22N3V-. The molecule has 4 heteroatoms. The zero-order valence-electron chi connectivity index (χ0n) is 9.61. The fourth-order valence-electron chi connectivity index (χ4n) is 1.96. The van der Waals surface area contributed by atoms with Crippen LogP contribution in [0.2, 0.25) is 0 Å². The Balaban J connectivity index is 0.000000531. The van der Waals surface area contributed by atoms with Crippen molar-refractivity contribution in [3.63, 3.8) is 0 Å². The Hall–Kier alpha value is 0.464. The van der Waals surface area contributed by atoms with Crippen LogP contribution in [0.1, 0.15) is 13.8 Å². The molecule has 0 aromatic rings. The quantitative estimate of drug-likeness (QED) is 0.624. The summed E-state index contributed by atoms with van der Waals surface area (Å²) in [6, 6.07) is 0.725. The number of hydrogen-bond acceptors (Lipinski definition) is 2. The van der Waals surface area contributed by atoms with Crippen LogP contribution in [-0.2, 0) is 18.6 Å². The fourth-order valence-corrected chi connectivity index (χ4v) is 1.96. The topological polar surface area (TPSA) is 20.6 Å². The summed E-state index contributed by atoms with van der Waals surface area (Å²) in [6.45, 7) is 11.0. The van der Waals surface area contributed by atoms with E-state index in [1.54, 1.807) is 0 Å². The van der Waals surface area contributed by atoms with Crippen LogP contribution in [0, 0.1) is 0 Å². The maximum absolute atomic E-state index is 4.43. The maximum atomic E-state index is 4.43. The molecule has 83 valence electrons. The van der Waals surface area contributed by atoms with Gasteiger partial charge in [-0.3, -0.25) is 0 Å². The minimum Gasteiger partial charge on any atom is -0.660 e. The normalized spacial score (nSPS) is 28.1. The van der Waals surface area contributed by atoms with Crippen LogP contribution in [0.3, 0.4) is 0 Å². The van der Waals surface area contributed by atoms with Gasteiger partial charge in [-0.05, 0) is 13.6 Å². The molecule has 1 atom stereocenters. The van der Waals surface area contributed by atoms with Gasteiger partial charge in [0.25, 0.3) is 0 Å². The third-order valence-corrected chi connectivity index (χ3v) is 2.69. The summed E-state index contributed by atoms with van der Waals surface area (Å²) in [5.41, 5.74) is 0. The Morgan fingerprint density at radius 2 is 1.86 bits per heavy atom. The SMILES string of the molecule is CC.CN1CCN2CC[N-]CC2C1.[V]. The minimum atomic E-state index is 0. The Bertz CT molecular complexity index is 143. The molecule has 3 nitrogen and oxygen atoms in total. The second kappa shape index (κ2) is 7.72. The van der Waals surface area contributed by atoms with Crippen molar-refractivity contribution in [2.75, 3.05) is 46.3 Å². The van der Waals surface area contributed by atoms with Gasteiger partial charge in [0.05, 0.1) is 0 Å². The molecular weight excluding hydrogens is 213 g/mol. The molecule has 0 amide bonds. The van der Waals surface area contributed by atoms with E-state index in [1.807, 2.05) is 13.8 Å². The molecule has 2 aliphatic rings.